The number of nitrogens with one attached hydrogen (secondary N) is 1. The molecule has 1 amide bonds. The topological polar surface area (TPSA) is 92.5 Å². The Morgan fingerprint density at radius 3 is 2.47 bits per heavy atom. The molecular weight excluding hydrogens is 218 g/mol. The van der Waals surface area contributed by atoms with Crippen molar-refractivity contribution in [2.45, 2.75) is 19.8 Å². The smallest absolute Gasteiger partial charge is 0.237 e. The highest BCUT2D eigenvalue weighted by Crippen LogP contribution is 2.15. The van der Waals surface area contributed by atoms with Gasteiger partial charge >= 0.3 is 0 Å². The lowest BCUT2D eigenvalue weighted by molar-refractivity contribution is -0.123. The molecule has 88 valence electrons. The molecule has 0 aromatic carbocycles. The maximum Gasteiger partial charge on any atom is 0.237 e. The summed E-state index contributed by atoms with van der Waals surface area (Å²) in [5, 5.41) is 0. The van der Waals surface area contributed by atoms with Crippen LogP contribution in [0.3, 0.4) is 0 Å². The van der Waals surface area contributed by atoms with Gasteiger partial charge in [-0.15, -0.1) is 0 Å². The predicted octanol–water partition coefficient (Wildman–Crippen LogP) is -0.962. The molecule has 0 aromatic rings. The number of amides is 1. The molecule has 1 aliphatic heterocycles. The van der Waals surface area contributed by atoms with E-state index in [4.69, 9.17) is 5.84 Å². The Labute approximate surface area is 89.8 Å². The van der Waals surface area contributed by atoms with Crippen molar-refractivity contribution >= 4 is 15.9 Å². The Morgan fingerprint density at radius 1 is 1.47 bits per heavy atom. The highest BCUT2D eigenvalue weighted by atomic mass is 32.2. The minimum absolute atomic E-state index is 0.171. The molecule has 1 heterocycles. The van der Waals surface area contributed by atoms with Crippen LogP contribution in [0.4, 0.5) is 0 Å². The number of hydrogen-bond acceptors (Lipinski definition) is 4. The summed E-state index contributed by atoms with van der Waals surface area (Å²) in [6.45, 7) is 2.69. The quantitative estimate of drug-likeness (QED) is 0.373. The van der Waals surface area contributed by atoms with Gasteiger partial charge in [-0.25, -0.2) is 18.6 Å². The first-order valence-electron chi connectivity index (χ1n) is 4.95. The first-order chi connectivity index (χ1) is 6.97. The van der Waals surface area contributed by atoms with Crippen LogP contribution >= 0.6 is 0 Å². The lowest BCUT2D eigenvalue weighted by atomic mass is 10.2. The third-order valence-electron chi connectivity index (χ3n) is 2.51. The number of carbonyl (C=O) groups is 1. The predicted molar refractivity (Wildman–Crippen MR) is 56.1 cm³/mol. The third kappa shape index (κ3) is 3.15. The number of carbonyl (C=O) groups excluding carboxylic acids is 1. The van der Waals surface area contributed by atoms with Crippen LogP contribution in [0.15, 0.2) is 0 Å². The molecule has 1 saturated heterocycles. The van der Waals surface area contributed by atoms with Crippen LogP contribution in [-0.4, -0.2) is 37.5 Å². The lowest BCUT2D eigenvalue weighted by Gasteiger charge is -2.17. The summed E-state index contributed by atoms with van der Waals surface area (Å²) >= 11 is 0. The van der Waals surface area contributed by atoms with E-state index in [-0.39, 0.29) is 5.75 Å². The number of nitrogens with zero attached hydrogens (tertiary/aromatic N) is 1. The molecule has 1 unspecified atom stereocenters. The molecule has 1 atom stereocenters. The standard InChI is InChI=1S/C8H17N3O3S/c1-7(8(12)10-9)6-15(13,14)11-4-2-3-5-11/h7H,2-6,9H2,1H3,(H,10,12). The Morgan fingerprint density at radius 2 is 2.00 bits per heavy atom. The summed E-state index contributed by atoms with van der Waals surface area (Å²) < 4.78 is 25.0. The van der Waals surface area contributed by atoms with Crippen LogP contribution in [0.1, 0.15) is 19.8 Å². The van der Waals surface area contributed by atoms with E-state index in [1.807, 2.05) is 5.43 Å². The molecule has 0 bridgehead atoms. The molecule has 3 N–H and O–H groups in total. The van der Waals surface area contributed by atoms with Crippen LogP contribution in [-0.2, 0) is 14.8 Å². The summed E-state index contributed by atoms with van der Waals surface area (Å²) in [7, 11) is -3.30. The van der Waals surface area contributed by atoms with Crippen molar-refractivity contribution in [2.75, 3.05) is 18.8 Å². The van der Waals surface area contributed by atoms with Gasteiger partial charge in [0.25, 0.3) is 0 Å². The SMILES string of the molecule is CC(CS(=O)(=O)N1CCCC1)C(=O)NN. The van der Waals surface area contributed by atoms with Gasteiger partial charge in [0.2, 0.25) is 15.9 Å². The molecule has 0 spiro atoms. The van der Waals surface area contributed by atoms with E-state index in [0.29, 0.717) is 13.1 Å². The first kappa shape index (κ1) is 12.4. The Hall–Kier alpha value is -0.660. The summed E-state index contributed by atoms with van der Waals surface area (Å²) in [5.74, 6) is 3.71. The van der Waals surface area contributed by atoms with Crippen molar-refractivity contribution in [3.05, 3.63) is 0 Å². The van der Waals surface area contributed by atoms with Gasteiger partial charge in [-0.1, -0.05) is 6.92 Å². The van der Waals surface area contributed by atoms with E-state index >= 15 is 0 Å². The van der Waals surface area contributed by atoms with Crippen LogP contribution in [0.2, 0.25) is 0 Å². The minimum atomic E-state index is -3.30. The fourth-order valence-electron chi connectivity index (χ4n) is 1.61. The fraction of sp³-hybridized carbons (Fsp3) is 0.875. The fourth-order valence-corrected chi connectivity index (χ4v) is 3.41. The maximum atomic E-state index is 11.8. The molecule has 0 saturated carbocycles. The summed E-state index contributed by atoms with van der Waals surface area (Å²) in [5.41, 5.74) is 1.96. The zero-order valence-corrected chi connectivity index (χ0v) is 9.59. The summed E-state index contributed by atoms with van der Waals surface area (Å²) in [4.78, 5) is 11.1. The number of rotatable bonds is 4. The number of nitrogens with two attached hydrogens (primary N) is 1. The van der Waals surface area contributed by atoms with Gasteiger partial charge in [0.1, 0.15) is 0 Å². The van der Waals surface area contributed by atoms with Crippen molar-refractivity contribution in [3.63, 3.8) is 0 Å². The third-order valence-corrected chi connectivity index (χ3v) is 4.58. The van der Waals surface area contributed by atoms with Crippen LogP contribution in [0, 0.1) is 5.92 Å². The van der Waals surface area contributed by atoms with Crippen LogP contribution in [0.5, 0.6) is 0 Å². The maximum absolute atomic E-state index is 11.8. The second-order valence-electron chi connectivity index (χ2n) is 3.79. The van der Waals surface area contributed by atoms with Crippen molar-refractivity contribution < 1.29 is 13.2 Å². The molecule has 15 heavy (non-hydrogen) atoms. The number of hydrogen-bond donors (Lipinski definition) is 2. The molecular formula is C8H17N3O3S. The van der Waals surface area contributed by atoms with E-state index in [0.717, 1.165) is 12.8 Å². The first-order valence-corrected chi connectivity index (χ1v) is 6.56. The molecule has 1 rings (SSSR count). The van der Waals surface area contributed by atoms with E-state index in [2.05, 4.69) is 0 Å². The molecule has 1 fully saturated rings. The van der Waals surface area contributed by atoms with Gasteiger partial charge in [0.05, 0.1) is 11.7 Å². The normalized spacial score (nSPS) is 20.1. The summed E-state index contributed by atoms with van der Waals surface area (Å²) in [6, 6.07) is 0. The second kappa shape index (κ2) is 4.91. The van der Waals surface area contributed by atoms with Gasteiger partial charge in [-0.3, -0.25) is 10.2 Å². The highest BCUT2D eigenvalue weighted by molar-refractivity contribution is 7.89. The number of hydrazine groups is 1. The molecule has 7 heteroatoms. The van der Waals surface area contributed by atoms with Crippen molar-refractivity contribution in [1.82, 2.24) is 9.73 Å². The monoisotopic (exact) mass is 235 g/mol. The van der Waals surface area contributed by atoms with Gasteiger partial charge in [-0.05, 0) is 12.8 Å². The summed E-state index contributed by atoms with van der Waals surface area (Å²) in [6.07, 6.45) is 1.80. The molecule has 1 aliphatic rings. The van der Waals surface area contributed by atoms with Crippen molar-refractivity contribution in [3.8, 4) is 0 Å². The van der Waals surface area contributed by atoms with Gasteiger partial charge < -0.3 is 0 Å². The average Bonchev–Trinajstić information content (AvgIpc) is 2.69. The van der Waals surface area contributed by atoms with Crippen LogP contribution < -0.4 is 11.3 Å². The Balaban J connectivity index is 2.59. The lowest BCUT2D eigenvalue weighted by Crippen LogP contribution is -2.40. The van der Waals surface area contributed by atoms with E-state index in [9.17, 15) is 13.2 Å². The number of sulfonamides is 1. The zero-order valence-electron chi connectivity index (χ0n) is 8.77. The Kier molecular flexibility index (Phi) is 4.06. The van der Waals surface area contributed by atoms with Gasteiger partial charge in [0, 0.05) is 13.1 Å². The molecule has 0 aromatic heterocycles. The zero-order chi connectivity index (χ0) is 11.5. The molecule has 0 radical (unpaired) electrons. The van der Waals surface area contributed by atoms with Gasteiger partial charge in [0.15, 0.2) is 0 Å². The van der Waals surface area contributed by atoms with E-state index < -0.39 is 21.8 Å². The van der Waals surface area contributed by atoms with E-state index in [1.165, 1.54) is 4.31 Å². The Bertz CT molecular complexity index is 322. The molecule has 6 nitrogen and oxygen atoms in total. The van der Waals surface area contributed by atoms with E-state index in [1.54, 1.807) is 6.92 Å². The van der Waals surface area contributed by atoms with Crippen molar-refractivity contribution in [1.29, 1.82) is 0 Å². The minimum Gasteiger partial charge on any atom is -0.294 e. The second-order valence-corrected chi connectivity index (χ2v) is 5.81. The molecule has 0 aliphatic carbocycles. The van der Waals surface area contributed by atoms with Crippen molar-refractivity contribution in [2.24, 2.45) is 11.8 Å². The average molecular weight is 235 g/mol. The van der Waals surface area contributed by atoms with Gasteiger partial charge in [-0.2, -0.15) is 0 Å². The van der Waals surface area contributed by atoms with Crippen LogP contribution in [0.25, 0.3) is 0 Å². The highest BCUT2D eigenvalue weighted by Gasteiger charge is 2.28. The largest absolute Gasteiger partial charge is 0.294 e.